The molecule has 5 rings (SSSR count). The van der Waals surface area contributed by atoms with Crippen molar-refractivity contribution in [2.24, 2.45) is 46.3 Å². The number of methoxy groups -OCH3 is 1. The van der Waals surface area contributed by atoms with E-state index in [1.165, 1.54) is 26.9 Å². The van der Waals surface area contributed by atoms with Crippen LogP contribution < -0.4 is 0 Å². The number of hydrogen-bond donors (Lipinski definition) is 0. The highest BCUT2D eigenvalue weighted by molar-refractivity contribution is 14.1. The summed E-state index contributed by atoms with van der Waals surface area (Å²) in [7, 11) is 1.47. The van der Waals surface area contributed by atoms with Crippen molar-refractivity contribution in [1.82, 2.24) is 0 Å². The number of ether oxygens (including phenoxy) is 3. The van der Waals surface area contributed by atoms with Gasteiger partial charge in [-0.15, -0.1) is 0 Å². The molecule has 0 bridgehead atoms. The first-order chi connectivity index (χ1) is 19.5. The van der Waals surface area contributed by atoms with Crippen molar-refractivity contribution in [3.05, 3.63) is 33.4 Å². The molecule has 4 fully saturated rings. The molecule has 1 aromatic rings. The Bertz CT molecular complexity index is 1150. The maximum Gasteiger partial charge on any atom is 0.338 e. The van der Waals surface area contributed by atoms with Crippen molar-refractivity contribution in [2.45, 2.75) is 104 Å². The average Bonchev–Trinajstić information content (AvgIpc) is 3.29. The van der Waals surface area contributed by atoms with Gasteiger partial charge in [0.25, 0.3) is 0 Å². The number of fused-ring (bicyclic) bond motifs is 5. The molecule has 4 aliphatic rings. The Hall–Kier alpha value is -1.64. The van der Waals surface area contributed by atoms with Crippen LogP contribution in [0.15, 0.2) is 24.3 Å². The Morgan fingerprint density at radius 3 is 2.44 bits per heavy atom. The highest BCUT2D eigenvalue weighted by Crippen LogP contribution is 2.69. The molecule has 226 valence electrons. The van der Waals surface area contributed by atoms with E-state index in [9.17, 15) is 14.4 Å². The predicted molar refractivity (Wildman–Crippen MR) is 165 cm³/mol. The molecule has 0 aliphatic heterocycles. The number of carbonyl (C=O) groups excluding carboxylic acids is 3. The lowest BCUT2D eigenvalue weighted by molar-refractivity contribution is -0.182. The molecule has 0 aromatic heterocycles. The maximum atomic E-state index is 13.6. The number of hydrogen-bond acceptors (Lipinski definition) is 6. The van der Waals surface area contributed by atoms with Gasteiger partial charge in [-0.05, 0) is 139 Å². The second-order valence-electron chi connectivity index (χ2n) is 14.0. The lowest BCUT2D eigenvalue weighted by Crippen LogP contribution is -2.59. The fourth-order valence-corrected chi connectivity index (χ4v) is 10.6. The van der Waals surface area contributed by atoms with Crippen LogP contribution in [0.5, 0.6) is 0 Å². The molecule has 4 aliphatic carbocycles. The molecule has 0 saturated heterocycles. The average molecular weight is 679 g/mol. The van der Waals surface area contributed by atoms with Crippen molar-refractivity contribution in [3.63, 3.8) is 0 Å². The molecule has 0 spiro atoms. The third-order valence-electron chi connectivity index (χ3n) is 12.1. The van der Waals surface area contributed by atoms with E-state index in [4.69, 9.17) is 14.2 Å². The van der Waals surface area contributed by atoms with Crippen molar-refractivity contribution in [2.75, 3.05) is 7.11 Å². The van der Waals surface area contributed by atoms with Crippen LogP contribution in [0, 0.1) is 49.9 Å². The predicted octanol–water partition coefficient (Wildman–Crippen LogP) is 7.61. The van der Waals surface area contributed by atoms with Gasteiger partial charge in [-0.3, -0.25) is 9.59 Å². The van der Waals surface area contributed by atoms with Gasteiger partial charge in [0.15, 0.2) is 0 Å². The Morgan fingerprint density at radius 1 is 1.00 bits per heavy atom. The zero-order chi connectivity index (χ0) is 29.5. The summed E-state index contributed by atoms with van der Waals surface area (Å²) >= 11 is 2.24. The molecular weight excluding hydrogens is 631 g/mol. The van der Waals surface area contributed by atoms with Gasteiger partial charge in [-0.1, -0.05) is 26.8 Å². The van der Waals surface area contributed by atoms with E-state index < -0.39 is 0 Å². The Balaban J connectivity index is 1.43. The van der Waals surface area contributed by atoms with Gasteiger partial charge < -0.3 is 14.2 Å². The normalized spacial score (nSPS) is 38.5. The summed E-state index contributed by atoms with van der Waals surface area (Å²) < 4.78 is 18.2. The number of rotatable bonds is 7. The first-order valence-electron chi connectivity index (χ1n) is 15.7. The maximum absolute atomic E-state index is 13.6. The van der Waals surface area contributed by atoms with Crippen LogP contribution in [0.3, 0.4) is 0 Å². The van der Waals surface area contributed by atoms with E-state index in [2.05, 4.69) is 43.4 Å². The lowest BCUT2D eigenvalue weighted by atomic mass is 9.43. The Kier molecular flexibility index (Phi) is 9.14. The largest absolute Gasteiger partial charge is 0.469 e. The van der Waals surface area contributed by atoms with E-state index in [-0.39, 0.29) is 40.9 Å². The zero-order valence-corrected chi connectivity index (χ0v) is 27.5. The van der Waals surface area contributed by atoms with E-state index in [0.29, 0.717) is 47.5 Å². The van der Waals surface area contributed by atoms with Crippen LogP contribution in [-0.4, -0.2) is 37.2 Å². The van der Waals surface area contributed by atoms with Crippen LogP contribution in [-0.2, 0) is 23.8 Å². The molecule has 0 unspecified atom stereocenters. The number of halogens is 1. The van der Waals surface area contributed by atoms with Crippen LogP contribution in [0.2, 0.25) is 0 Å². The standard InChI is InChI=1S/C34H47IO6/c1-20(9-12-30(37)39-5)26-10-11-27-31-28(14-16-34(26,27)4)33(3)15-13-25(40-21(2)36)18-23(33)19-29(31)41-32(38)22-7-6-8-24(35)17-22/h6-8,17,20,23,25-29,31H,9-16,18-19H2,1-5H3/t20-,23+,25-,26-,27+,28+,29-,31+,33+,34-/m1/s1. The molecule has 1 aromatic carbocycles. The summed E-state index contributed by atoms with van der Waals surface area (Å²) in [6, 6.07) is 7.66. The minimum atomic E-state index is -0.225. The van der Waals surface area contributed by atoms with E-state index in [1.54, 1.807) is 0 Å². The molecule has 0 N–H and O–H groups in total. The molecule has 4 saturated carbocycles. The van der Waals surface area contributed by atoms with Gasteiger partial charge in [0, 0.05) is 22.8 Å². The van der Waals surface area contributed by atoms with Gasteiger partial charge >= 0.3 is 17.9 Å². The summed E-state index contributed by atoms with van der Waals surface area (Å²) in [4.78, 5) is 37.3. The van der Waals surface area contributed by atoms with E-state index in [1.807, 2.05) is 24.3 Å². The molecule has 0 amide bonds. The van der Waals surface area contributed by atoms with Crippen molar-refractivity contribution < 1.29 is 28.6 Å². The third kappa shape index (κ3) is 5.95. The Morgan fingerprint density at radius 2 is 1.73 bits per heavy atom. The number of benzene rings is 1. The highest BCUT2D eigenvalue weighted by Gasteiger charge is 2.64. The molecule has 0 heterocycles. The SMILES string of the molecule is COC(=O)CC[C@@H](C)[C@H]1CC[C@H]2[C@@H]3[C@H](OC(=O)c4cccc(I)c4)C[C@@H]4C[C@H](OC(C)=O)CC[C@]4(C)[C@H]3CC[C@]12C. The molecular formula is C34H47IO6. The highest BCUT2D eigenvalue weighted by atomic mass is 127. The van der Waals surface area contributed by atoms with Crippen molar-refractivity contribution in [1.29, 1.82) is 0 Å². The summed E-state index contributed by atoms with van der Waals surface area (Å²) in [5, 5.41) is 0. The van der Waals surface area contributed by atoms with E-state index in [0.717, 1.165) is 48.5 Å². The van der Waals surface area contributed by atoms with Crippen LogP contribution in [0.1, 0.15) is 102 Å². The zero-order valence-electron chi connectivity index (χ0n) is 25.3. The molecule has 7 heteroatoms. The fourth-order valence-electron chi connectivity index (χ4n) is 10.1. The van der Waals surface area contributed by atoms with Gasteiger partial charge in [-0.2, -0.15) is 0 Å². The monoisotopic (exact) mass is 678 g/mol. The van der Waals surface area contributed by atoms with Gasteiger partial charge in [0.1, 0.15) is 12.2 Å². The van der Waals surface area contributed by atoms with E-state index >= 15 is 0 Å². The van der Waals surface area contributed by atoms with Gasteiger partial charge in [-0.25, -0.2) is 4.79 Å². The Labute approximate surface area is 259 Å². The third-order valence-corrected chi connectivity index (χ3v) is 12.7. The van der Waals surface area contributed by atoms with Crippen molar-refractivity contribution in [3.8, 4) is 0 Å². The second-order valence-corrected chi connectivity index (χ2v) is 15.3. The van der Waals surface area contributed by atoms with Crippen molar-refractivity contribution >= 4 is 40.5 Å². The van der Waals surface area contributed by atoms with Crippen LogP contribution >= 0.6 is 22.6 Å². The number of carbonyl (C=O) groups is 3. The summed E-state index contributed by atoms with van der Waals surface area (Å²) in [6.07, 6.45) is 9.43. The first kappa shape index (κ1) is 30.8. The van der Waals surface area contributed by atoms with Gasteiger partial charge in [0.2, 0.25) is 0 Å². The topological polar surface area (TPSA) is 78.9 Å². The summed E-state index contributed by atoms with van der Waals surface area (Å²) in [5.74, 6) is 2.09. The molecule has 41 heavy (non-hydrogen) atoms. The summed E-state index contributed by atoms with van der Waals surface area (Å²) in [6.45, 7) is 8.78. The quantitative estimate of drug-likeness (QED) is 0.168. The summed E-state index contributed by atoms with van der Waals surface area (Å²) in [5.41, 5.74) is 0.937. The minimum Gasteiger partial charge on any atom is -0.469 e. The van der Waals surface area contributed by atoms with Crippen LogP contribution in [0.25, 0.3) is 0 Å². The van der Waals surface area contributed by atoms with Gasteiger partial charge in [0.05, 0.1) is 12.7 Å². The molecule has 10 atom stereocenters. The fraction of sp³-hybridized carbons (Fsp3) is 0.735. The minimum absolute atomic E-state index is 0.0467. The molecule has 0 radical (unpaired) electrons. The second kappa shape index (κ2) is 12.2. The molecule has 6 nitrogen and oxygen atoms in total. The first-order valence-corrected chi connectivity index (χ1v) is 16.7. The van der Waals surface area contributed by atoms with Crippen LogP contribution in [0.4, 0.5) is 0 Å². The smallest absolute Gasteiger partial charge is 0.338 e. The number of esters is 3. The lowest BCUT2D eigenvalue weighted by Gasteiger charge is -2.62.